The summed E-state index contributed by atoms with van der Waals surface area (Å²) in [6, 6.07) is 4.71. The third-order valence-electron chi connectivity index (χ3n) is 3.68. The molecule has 10 heteroatoms. The number of rotatable bonds is 5. The number of nitro benzene ring substituents is 1. The van der Waals surface area contributed by atoms with E-state index in [-0.39, 0.29) is 0 Å². The predicted molar refractivity (Wildman–Crippen MR) is 78.5 cm³/mol. The first-order valence-electron chi connectivity index (χ1n) is 6.49. The molecular formula is C14H10N2O8. The number of nitro groups is 2. The van der Waals surface area contributed by atoms with E-state index in [9.17, 15) is 40.0 Å². The van der Waals surface area contributed by atoms with Crippen LogP contribution in [0.25, 0.3) is 5.57 Å². The summed E-state index contributed by atoms with van der Waals surface area (Å²) in [6.07, 6.45) is 1.44. The van der Waals surface area contributed by atoms with Crippen molar-refractivity contribution in [1.82, 2.24) is 0 Å². The maximum Gasteiger partial charge on any atom is 0.326 e. The third-order valence-corrected chi connectivity index (χ3v) is 3.68. The van der Waals surface area contributed by atoms with Gasteiger partial charge in [0.2, 0.25) is 0 Å². The first-order chi connectivity index (χ1) is 11.2. The second kappa shape index (κ2) is 5.91. The molecule has 124 valence electrons. The molecular weight excluding hydrogens is 324 g/mol. The van der Waals surface area contributed by atoms with Gasteiger partial charge >= 0.3 is 11.9 Å². The maximum atomic E-state index is 11.7. The summed E-state index contributed by atoms with van der Waals surface area (Å²) in [5, 5.41) is 41.4. The van der Waals surface area contributed by atoms with E-state index < -0.39 is 56.1 Å². The minimum Gasteiger partial charge on any atom is -0.480 e. The first-order valence-corrected chi connectivity index (χ1v) is 6.49. The zero-order valence-electron chi connectivity index (χ0n) is 11.9. The standard InChI is InChI=1S/C14H10N2O8/c17-12(18)14(13(19)20)7-3-6-10(16(23)24)11(14)8-4-1-2-5-9(8)15(21)22/h1-6H,7H2,(H,17,18)(H,19,20). The molecule has 0 saturated carbocycles. The van der Waals surface area contributed by atoms with Gasteiger partial charge in [0.15, 0.2) is 5.41 Å². The highest BCUT2D eigenvalue weighted by Crippen LogP contribution is 2.47. The van der Waals surface area contributed by atoms with E-state index in [1.54, 1.807) is 0 Å². The van der Waals surface area contributed by atoms with Crippen LogP contribution in [0.5, 0.6) is 0 Å². The Hall–Kier alpha value is -3.56. The van der Waals surface area contributed by atoms with Crippen molar-refractivity contribution >= 4 is 23.2 Å². The number of hydrogen-bond donors (Lipinski definition) is 2. The van der Waals surface area contributed by atoms with Gasteiger partial charge in [-0.15, -0.1) is 0 Å². The average molecular weight is 334 g/mol. The van der Waals surface area contributed by atoms with Gasteiger partial charge in [-0.3, -0.25) is 29.8 Å². The summed E-state index contributed by atoms with van der Waals surface area (Å²) in [7, 11) is 0. The van der Waals surface area contributed by atoms with E-state index in [0.717, 1.165) is 24.3 Å². The monoisotopic (exact) mass is 334 g/mol. The number of benzene rings is 1. The highest BCUT2D eigenvalue weighted by atomic mass is 16.6. The van der Waals surface area contributed by atoms with Crippen LogP contribution in [-0.4, -0.2) is 32.0 Å². The second-order valence-corrected chi connectivity index (χ2v) is 4.91. The van der Waals surface area contributed by atoms with Crippen molar-refractivity contribution in [3.63, 3.8) is 0 Å². The maximum absolute atomic E-state index is 11.7. The molecule has 0 aliphatic heterocycles. The molecule has 0 spiro atoms. The van der Waals surface area contributed by atoms with Crippen LogP contribution in [-0.2, 0) is 9.59 Å². The molecule has 0 fully saturated rings. The Labute approximate surface area is 133 Å². The van der Waals surface area contributed by atoms with Crippen LogP contribution in [0.2, 0.25) is 0 Å². The quantitative estimate of drug-likeness (QED) is 0.467. The molecule has 0 saturated heterocycles. The molecule has 0 aromatic heterocycles. The number of para-hydroxylation sites is 1. The van der Waals surface area contributed by atoms with Crippen molar-refractivity contribution < 1.29 is 29.6 Å². The molecule has 1 aliphatic rings. The van der Waals surface area contributed by atoms with Gasteiger partial charge in [-0.2, -0.15) is 0 Å². The van der Waals surface area contributed by atoms with E-state index in [1.807, 2.05) is 0 Å². The van der Waals surface area contributed by atoms with Crippen LogP contribution in [0.4, 0.5) is 5.69 Å². The van der Waals surface area contributed by atoms with Crippen molar-refractivity contribution in [2.24, 2.45) is 5.41 Å². The lowest BCUT2D eigenvalue weighted by Crippen LogP contribution is -2.42. The molecule has 0 amide bonds. The van der Waals surface area contributed by atoms with Gasteiger partial charge < -0.3 is 10.2 Å². The molecule has 24 heavy (non-hydrogen) atoms. The predicted octanol–water partition coefficient (Wildman–Crippen LogP) is 1.70. The summed E-state index contributed by atoms with van der Waals surface area (Å²) >= 11 is 0. The molecule has 10 nitrogen and oxygen atoms in total. The Morgan fingerprint density at radius 1 is 1.04 bits per heavy atom. The average Bonchev–Trinajstić information content (AvgIpc) is 2.53. The molecule has 0 radical (unpaired) electrons. The molecule has 0 heterocycles. The molecule has 1 aromatic rings. The van der Waals surface area contributed by atoms with Gasteiger partial charge in [-0.05, 0) is 12.5 Å². The largest absolute Gasteiger partial charge is 0.480 e. The second-order valence-electron chi connectivity index (χ2n) is 4.91. The fourth-order valence-corrected chi connectivity index (χ4v) is 2.60. The van der Waals surface area contributed by atoms with E-state index in [1.165, 1.54) is 12.1 Å². The van der Waals surface area contributed by atoms with E-state index in [2.05, 4.69) is 0 Å². The Morgan fingerprint density at radius 3 is 2.12 bits per heavy atom. The van der Waals surface area contributed by atoms with Crippen molar-refractivity contribution in [3.05, 3.63) is 67.9 Å². The number of aliphatic carboxylic acids is 2. The molecule has 0 atom stereocenters. The van der Waals surface area contributed by atoms with Crippen molar-refractivity contribution in [2.75, 3.05) is 0 Å². The van der Waals surface area contributed by atoms with E-state index >= 15 is 0 Å². The van der Waals surface area contributed by atoms with Crippen LogP contribution in [0.3, 0.4) is 0 Å². The highest BCUT2D eigenvalue weighted by Gasteiger charge is 2.55. The fraction of sp³-hybridized carbons (Fsp3) is 0.143. The number of allylic oxidation sites excluding steroid dienone is 2. The minimum atomic E-state index is -2.69. The third kappa shape index (κ3) is 2.39. The van der Waals surface area contributed by atoms with Crippen molar-refractivity contribution in [1.29, 1.82) is 0 Å². The van der Waals surface area contributed by atoms with Crippen LogP contribution in [0.15, 0.2) is 42.1 Å². The molecule has 1 aliphatic carbocycles. The Kier molecular flexibility index (Phi) is 4.14. The van der Waals surface area contributed by atoms with Gasteiger partial charge in [0.05, 0.1) is 21.0 Å². The minimum absolute atomic E-state index is 0.414. The SMILES string of the molecule is O=C(O)C1(C(=O)O)CC=CC([N+](=O)[O-])=C1c1ccccc1[N+](=O)[O-]. The zero-order valence-corrected chi connectivity index (χ0v) is 11.9. The van der Waals surface area contributed by atoms with E-state index in [0.29, 0.717) is 0 Å². The summed E-state index contributed by atoms with van der Waals surface area (Å²) in [5.41, 5.74) is -5.25. The van der Waals surface area contributed by atoms with Crippen molar-refractivity contribution in [2.45, 2.75) is 6.42 Å². The number of carboxylic acid groups (broad SMARTS) is 2. The normalized spacial score (nSPS) is 15.8. The molecule has 0 unspecified atom stereocenters. The first kappa shape index (κ1) is 16.8. The van der Waals surface area contributed by atoms with Gasteiger partial charge in [0.25, 0.3) is 11.4 Å². The fourth-order valence-electron chi connectivity index (χ4n) is 2.60. The van der Waals surface area contributed by atoms with Gasteiger partial charge in [-0.1, -0.05) is 18.2 Å². The molecule has 2 N–H and O–H groups in total. The van der Waals surface area contributed by atoms with Gasteiger partial charge in [0.1, 0.15) is 0 Å². The lowest BCUT2D eigenvalue weighted by molar-refractivity contribution is -0.418. The summed E-state index contributed by atoms with van der Waals surface area (Å²) in [5.74, 6) is -3.68. The number of nitrogens with zero attached hydrogens (tertiary/aromatic N) is 2. The highest BCUT2D eigenvalue weighted by molar-refractivity contribution is 6.12. The Balaban J connectivity index is 2.97. The molecule has 1 aromatic carbocycles. The van der Waals surface area contributed by atoms with E-state index in [4.69, 9.17) is 0 Å². The Bertz CT molecular complexity index is 810. The lowest BCUT2D eigenvalue weighted by atomic mass is 9.70. The number of hydrogen-bond acceptors (Lipinski definition) is 6. The van der Waals surface area contributed by atoms with Gasteiger partial charge in [-0.25, -0.2) is 0 Å². The van der Waals surface area contributed by atoms with Crippen molar-refractivity contribution in [3.8, 4) is 0 Å². The summed E-state index contributed by atoms with van der Waals surface area (Å²) in [6.45, 7) is 0. The summed E-state index contributed by atoms with van der Waals surface area (Å²) in [4.78, 5) is 44.1. The number of carbonyl (C=O) groups is 2. The van der Waals surface area contributed by atoms with Crippen LogP contribution < -0.4 is 0 Å². The lowest BCUT2D eigenvalue weighted by Gasteiger charge is -2.28. The van der Waals surface area contributed by atoms with Gasteiger partial charge in [0, 0.05) is 12.1 Å². The number of carboxylic acids is 2. The van der Waals surface area contributed by atoms with Crippen LogP contribution in [0, 0.1) is 25.6 Å². The smallest absolute Gasteiger partial charge is 0.326 e. The van der Waals surface area contributed by atoms with Crippen LogP contribution in [0.1, 0.15) is 12.0 Å². The Morgan fingerprint density at radius 2 is 1.62 bits per heavy atom. The zero-order chi connectivity index (χ0) is 18.1. The van der Waals surface area contributed by atoms with Crippen LogP contribution >= 0.6 is 0 Å². The molecule has 2 rings (SSSR count). The summed E-state index contributed by atoms with van der Waals surface area (Å²) < 4.78 is 0. The topological polar surface area (TPSA) is 161 Å². The molecule has 0 bridgehead atoms.